The molecule has 1 fully saturated rings. The van der Waals surface area contributed by atoms with Crippen LogP contribution < -0.4 is 5.32 Å². The van der Waals surface area contributed by atoms with E-state index in [0.717, 1.165) is 5.56 Å². The minimum atomic E-state index is -0.105. The van der Waals surface area contributed by atoms with Crippen LogP contribution in [0.15, 0.2) is 48.5 Å². The van der Waals surface area contributed by atoms with E-state index in [1.807, 2.05) is 46.2 Å². The third-order valence-electron chi connectivity index (χ3n) is 4.81. The molecule has 3 rings (SSSR count). The Morgan fingerprint density at radius 3 is 2.21 bits per heavy atom. The first-order valence-corrected chi connectivity index (χ1v) is 10.1. The number of hydrogen-bond acceptors (Lipinski definition) is 3. The number of carbonyl (C=O) groups excluding carboxylic acids is 2. The smallest absolute Gasteiger partial charge is 0.238 e. The molecule has 0 atom stereocenters. The molecule has 1 saturated heterocycles. The van der Waals surface area contributed by atoms with Crippen LogP contribution in [0.3, 0.4) is 0 Å². The van der Waals surface area contributed by atoms with Gasteiger partial charge in [0.15, 0.2) is 0 Å². The average molecular weight is 420 g/mol. The summed E-state index contributed by atoms with van der Waals surface area (Å²) in [5, 5.41) is 4.05. The number of hydrogen-bond donors (Lipinski definition) is 1. The molecule has 0 radical (unpaired) electrons. The Morgan fingerprint density at radius 1 is 0.893 bits per heavy atom. The van der Waals surface area contributed by atoms with E-state index in [9.17, 15) is 9.59 Å². The lowest BCUT2D eigenvalue weighted by Crippen LogP contribution is -2.50. The fourth-order valence-electron chi connectivity index (χ4n) is 3.21. The second-order valence-corrected chi connectivity index (χ2v) is 7.59. The largest absolute Gasteiger partial charge is 0.340 e. The average Bonchev–Trinajstić information content (AvgIpc) is 2.69. The van der Waals surface area contributed by atoms with Gasteiger partial charge in [-0.2, -0.15) is 0 Å². The van der Waals surface area contributed by atoms with Gasteiger partial charge in [-0.05, 0) is 30.2 Å². The van der Waals surface area contributed by atoms with Crippen molar-refractivity contribution in [3.8, 4) is 0 Å². The molecule has 1 heterocycles. The predicted molar refractivity (Wildman–Crippen MR) is 113 cm³/mol. The van der Waals surface area contributed by atoms with Crippen LogP contribution in [-0.4, -0.2) is 54.3 Å². The second kappa shape index (κ2) is 9.92. The zero-order valence-corrected chi connectivity index (χ0v) is 17.0. The Hall–Kier alpha value is -2.08. The van der Waals surface area contributed by atoms with Gasteiger partial charge in [0.2, 0.25) is 11.8 Å². The minimum absolute atomic E-state index is 0.105. The van der Waals surface area contributed by atoms with E-state index in [2.05, 4.69) is 5.32 Å². The van der Waals surface area contributed by atoms with Gasteiger partial charge in [0.05, 0.1) is 17.3 Å². The van der Waals surface area contributed by atoms with Gasteiger partial charge in [-0.3, -0.25) is 14.5 Å². The van der Waals surface area contributed by atoms with Gasteiger partial charge in [0, 0.05) is 37.6 Å². The van der Waals surface area contributed by atoms with E-state index >= 15 is 0 Å². The fourth-order valence-corrected chi connectivity index (χ4v) is 3.62. The molecule has 5 nitrogen and oxygen atoms in total. The summed E-state index contributed by atoms with van der Waals surface area (Å²) in [6.45, 7) is 2.88. The zero-order chi connectivity index (χ0) is 19.9. The van der Waals surface area contributed by atoms with Crippen molar-refractivity contribution in [2.45, 2.75) is 12.8 Å². The highest BCUT2D eigenvalue weighted by molar-refractivity contribution is 6.33. The Kier molecular flexibility index (Phi) is 7.31. The molecule has 0 unspecified atom stereocenters. The van der Waals surface area contributed by atoms with Crippen molar-refractivity contribution in [1.82, 2.24) is 9.80 Å². The van der Waals surface area contributed by atoms with Crippen molar-refractivity contribution in [2.75, 3.05) is 38.0 Å². The fraction of sp³-hybridized carbons (Fsp3) is 0.333. The summed E-state index contributed by atoms with van der Waals surface area (Å²) in [6.07, 6.45) is 1.08. The third kappa shape index (κ3) is 5.71. The highest BCUT2D eigenvalue weighted by atomic mass is 35.5. The Balaban J connectivity index is 1.41. The van der Waals surface area contributed by atoms with Gasteiger partial charge < -0.3 is 10.2 Å². The molecular formula is C21H23Cl2N3O2. The van der Waals surface area contributed by atoms with E-state index in [0.29, 0.717) is 54.8 Å². The molecule has 1 aliphatic rings. The Morgan fingerprint density at radius 2 is 1.54 bits per heavy atom. The topological polar surface area (TPSA) is 52.7 Å². The van der Waals surface area contributed by atoms with Gasteiger partial charge in [-0.15, -0.1) is 0 Å². The van der Waals surface area contributed by atoms with Crippen molar-refractivity contribution < 1.29 is 9.59 Å². The highest BCUT2D eigenvalue weighted by Gasteiger charge is 2.22. The summed E-state index contributed by atoms with van der Waals surface area (Å²) in [6, 6.07) is 14.8. The number of nitrogens with one attached hydrogen (secondary N) is 1. The number of benzene rings is 2. The van der Waals surface area contributed by atoms with Gasteiger partial charge in [0.25, 0.3) is 0 Å². The Bertz CT molecular complexity index is 836. The lowest BCUT2D eigenvalue weighted by molar-refractivity contribution is -0.133. The summed E-state index contributed by atoms with van der Waals surface area (Å²) in [5.41, 5.74) is 1.61. The van der Waals surface area contributed by atoms with Crippen molar-refractivity contribution >= 4 is 40.7 Å². The van der Waals surface area contributed by atoms with Gasteiger partial charge in [-0.25, -0.2) is 0 Å². The zero-order valence-electron chi connectivity index (χ0n) is 15.5. The van der Waals surface area contributed by atoms with Gasteiger partial charge in [0.1, 0.15) is 0 Å². The molecule has 2 aromatic rings. The first-order valence-electron chi connectivity index (χ1n) is 9.31. The van der Waals surface area contributed by atoms with E-state index in [4.69, 9.17) is 23.2 Å². The number of nitrogens with zero attached hydrogens (tertiary/aromatic N) is 2. The molecule has 0 bridgehead atoms. The molecule has 28 heavy (non-hydrogen) atoms. The number of para-hydroxylation sites is 1. The maximum absolute atomic E-state index is 12.5. The number of amides is 2. The van der Waals surface area contributed by atoms with Gasteiger partial charge in [-0.1, -0.05) is 53.5 Å². The molecule has 2 amide bonds. The molecule has 148 valence electrons. The predicted octanol–water partition coefficient (Wildman–Crippen LogP) is 3.71. The number of halogens is 2. The molecule has 2 aromatic carbocycles. The maximum Gasteiger partial charge on any atom is 0.238 e. The summed E-state index contributed by atoms with van der Waals surface area (Å²) < 4.78 is 0. The monoisotopic (exact) mass is 419 g/mol. The van der Waals surface area contributed by atoms with Crippen LogP contribution in [-0.2, 0) is 16.0 Å². The highest BCUT2D eigenvalue weighted by Crippen LogP contribution is 2.20. The molecule has 0 saturated carbocycles. The Labute approximate surface area is 175 Å². The van der Waals surface area contributed by atoms with Crippen LogP contribution >= 0.6 is 23.2 Å². The standard InChI is InChI=1S/C21H23Cl2N3O2/c22-17-6-2-1-5-16(17)9-10-21(28)26-13-11-25(12-14-26)15-20(27)24-19-8-4-3-7-18(19)23/h1-8H,9-15H2,(H,24,27). The number of aryl methyl sites for hydroxylation is 1. The number of rotatable bonds is 6. The summed E-state index contributed by atoms with van der Waals surface area (Å²) >= 11 is 12.2. The molecule has 1 aliphatic heterocycles. The molecule has 0 aromatic heterocycles. The molecular weight excluding hydrogens is 397 g/mol. The first kappa shape index (κ1) is 20.6. The van der Waals surface area contributed by atoms with Crippen LogP contribution in [0.1, 0.15) is 12.0 Å². The number of piperazine rings is 1. The number of anilines is 1. The normalized spacial score (nSPS) is 14.7. The first-order chi connectivity index (χ1) is 13.5. The quantitative estimate of drug-likeness (QED) is 0.776. The van der Waals surface area contributed by atoms with E-state index in [1.54, 1.807) is 12.1 Å². The summed E-state index contributed by atoms with van der Waals surface area (Å²) in [7, 11) is 0. The third-order valence-corrected chi connectivity index (χ3v) is 5.50. The number of carbonyl (C=O) groups is 2. The molecule has 7 heteroatoms. The molecule has 0 aliphatic carbocycles. The summed E-state index contributed by atoms with van der Waals surface area (Å²) in [5.74, 6) is 0.0201. The van der Waals surface area contributed by atoms with Crippen LogP contribution in [0.25, 0.3) is 0 Å². The van der Waals surface area contributed by atoms with Crippen molar-refractivity contribution in [3.63, 3.8) is 0 Å². The van der Waals surface area contributed by atoms with E-state index in [1.165, 1.54) is 0 Å². The lowest BCUT2D eigenvalue weighted by atomic mass is 10.1. The SMILES string of the molecule is O=C(CN1CCN(C(=O)CCc2ccccc2Cl)CC1)Nc1ccccc1Cl. The van der Waals surface area contributed by atoms with Gasteiger partial charge >= 0.3 is 0 Å². The van der Waals surface area contributed by atoms with Crippen molar-refractivity contribution in [1.29, 1.82) is 0 Å². The lowest BCUT2D eigenvalue weighted by Gasteiger charge is -2.34. The van der Waals surface area contributed by atoms with E-state index < -0.39 is 0 Å². The second-order valence-electron chi connectivity index (χ2n) is 6.78. The minimum Gasteiger partial charge on any atom is -0.340 e. The van der Waals surface area contributed by atoms with Crippen LogP contribution in [0.2, 0.25) is 10.0 Å². The molecule has 1 N–H and O–H groups in total. The van der Waals surface area contributed by atoms with Crippen molar-refractivity contribution in [2.24, 2.45) is 0 Å². The summed E-state index contributed by atoms with van der Waals surface area (Å²) in [4.78, 5) is 28.6. The van der Waals surface area contributed by atoms with Crippen LogP contribution in [0.4, 0.5) is 5.69 Å². The van der Waals surface area contributed by atoms with Crippen molar-refractivity contribution in [3.05, 3.63) is 64.1 Å². The van der Waals surface area contributed by atoms with Crippen LogP contribution in [0, 0.1) is 0 Å². The van der Waals surface area contributed by atoms with E-state index in [-0.39, 0.29) is 18.4 Å². The maximum atomic E-state index is 12.5. The van der Waals surface area contributed by atoms with Crippen LogP contribution in [0.5, 0.6) is 0 Å². The molecule has 0 spiro atoms.